The molecule has 112 valence electrons. The predicted molar refractivity (Wildman–Crippen MR) is 85.1 cm³/mol. The summed E-state index contributed by atoms with van der Waals surface area (Å²) in [4.78, 5) is 11.2. The van der Waals surface area contributed by atoms with Gasteiger partial charge in [0.2, 0.25) is 0 Å². The van der Waals surface area contributed by atoms with Crippen LogP contribution in [0.1, 0.15) is 25.5 Å². The smallest absolute Gasteiger partial charge is 0.191 e. The first-order chi connectivity index (χ1) is 10.2. The van der Waals surface area contributed by atoms with Gasteiger partial charge in [0.25, 0.3) is 0 Å². The Balaban J connectivity index is 1.62. The van der Waals surface area contributed by atoms with Gasteiger partial charge >= 0.3 is 0 Å². The van der Waals surface area contributed by atoms with Crippen LogP contribution in [0.25, 0.3) is 10.8 Å². The number of thiazole rings is 1. The van der Waals surface area contributed by atoms with Crippen LogP contribution in [0.5, 0.6) is 0 Å². The molecule has 0 radical (unpaired) electrons. The van der Waals surface area contributed by atoms with Crippen molar-refractivity contribution in [2.24, 2.45) is 16.6 Å². The van der Waals surface area contributed by atoms with E-state index in [1.807, 2.05) is 17.5 Å². The van der Waals surface area contributed by atoms with Gasteiger partial charge in [0, 0.05) is 18.5 Å². The first-order valence-corrected chi connectivity index (χ1v) is 8.13. The Morgan fingerprint density at radius 3 is 3.29 bits per heavy atom. The Kier molecular flexibility index (Phi) is 4.24. The monoisotopic (exact) mass is 304 g/mol. The zero-order chi connectivity index (χ0) is 14.7. The minimum Gasteiger partial charge on any atom is -0.462 e. The molecule has 0 amide bonds. The van der Waals surface area contributed by atoms with Gasteiger partial charge in [0.05, 0.1) is 18.5 Å². The summed E-state index contributed by atoms with van der Waals surface area (Å²) in [6.07, 6.45) is 4.13. The summed E-state index contributed by atoms with van der Waals surface area (Å²) in [5, 5.41) is 2.89. The summed E-state index contributed by atoms with van der Waals surface area (Å²) in [6, 6.07) is 3.78. The number of guanidine groups is 1. The molecule has 1 fully saturated rings. The number of piperidine rings is 1. The zero-order valence-corrected chi connectivity index (χ0v) is 13.0. The molecule has 3 rings (SSSR count). The first-order valence-electron chi connectivity index (χ1n) is 7.25. The number of nitrogens with two attached hydrogens (primary N) is 1. The number of furan rings is 1. The minimum atomic E-state index is 0.522. The summed E-state index contributed by atoms with van der Waals surface area (Å²) in [7, 11) is 0. The summed E-state index contributed by atoms with van der Waals surface area (Å²) in [5.41, 5.74) is 7.02. The van der Waals surface area contributed by atoms with Gasteiger partial charge in [0.15, 0.2) is 16.7 Å². The predicted octanol–water partition coefficient (Wildman–Crippen LogP) is 2.95. The second-order valence-corrected chi connectivity index (χ2v) is 6.35. The van der Waals surface area contributed by atoms with Gasteiger partial charge in [0.1, 0.15) is 0 Å². The van der Waals surface area contributed by atoms with Gasteiger partial charge in [-0.1, -0.05) is 6.92 Å². The molecule has 2 aromatic rings. The molecule has 6 heteroatoms. The molecule has 2 N–H and O–H groups in total. The van der Waals surface area contributed by atoms with Crippen molar-refractivity contribution >= 4 is 17.3 Å². The highest BCUT2D eigenvalue weighted by atomic mass is 32.1. The second kappa shape index (κ2) is 6.30. The van der Waals surface area contributed by atoms with Crippen LogP contribution in [0.4, 0.5) is 0 Å². The Bertz CT molecular complexity index is 605. The fourth-order valence-electron chi connectivity index (χ4n) is 2.55. The van der Waals surface area contributed by atoms with Gasteiger partial charge < -0.3 is 15.1 Å². The number of aromatic nitrogens is 1. The summed E-state index contributed by atoms with van der Waals surface area (Å²) >= 11 is 1.57. The van der Waals surface area contributed by atoms with E-state index in [0.717, 1.165) is 29.6 Å². The maximum absolute atomic E-state index is 6.09. The van der Waals surface area contributed by atoms with E-state index in [1.54, 1.807) is 17.6 Å². The van der Waals surface area contributed by atoms with Crippen molar-refractivity contribution in [2.45, 2.75) is 26.3 Å². The van der Waals surface area contributed by atoms with Crippen molar-refractivity contribution in [1.29, 1.82) is 0 Å². The van der Waals surface area contributed by atoms with Gasteiger partial charge in [-0.25, -0.2) is 9.98 Å². The third-order valence-electron chi connectivity index (χ3n) is 3.67. The largest absolute Gasteiger partial charge is 0.462 e. The number of hydrogen-bond donors (Lipinski definition) is 1. The zero-order valence-electron chi connectivity index (χ0n) is 12.2. The van der Waals surface area contributed by atoms with Gasteiger partial charge in [-0.2, -0.15) is 0 Å². The van der Waals surface area contributed by atoms with E-state index in [9.17, 15) is 0 Å². The normalized spacial score (nSPS) is 20.0. The maximum Gasteiger partial charge on any atom is 0.191 e. The third kappa shape index (κ3) is 3.44. The molecule has 1 atom stereocenters. The highest BCUT2D eigenvalue weighted by Crippen LogP contribution is 2.24. The van der Waals surface area contributed by atoms with E-state index >= 15 is 0 Å². The molecule has 1 aliphatic heterocycles. The lowest BCUT2D eigenvalue weighted by molar-refractivity contribution is 0.270. The van der Waals surface area contributed by atoms with E-state index in [-0.39, 0.29) is 0 Å². The molecule has 21 heavy (non-hydrogen) atoms. The van der Waals surface area contributed by atoms with Crippen molar-refractivity contribution < 1.29 is 4.42 Å². The Labute approximate surface area is 128 Å². The van der Waals surface area contributed by atoms with Crippen LogP contribution >= 0.6 is 11.3 Å². The van der Waals surface area contributed by atoms with Crippen LogP contribution in [0.2, 0.25) is 0 Å². The summed E-state index contributed by atoms with van der Waals surface area (Å²) in [5.74, 6) is 2.12. The van der Waals surface area contributed by atoms with Crippen LogP contribution in [0.3, 0.4) is 0 Å². The molecule has 3 heterocycles. The molecule has 5 nitrogen and oxygen atoms in total. The van der Waals surface area contributed by atoms with E-state index in [2.05, 4.69) is 21.8 Å². The highest BCUT2D eigenvalue weighted by Gasteiger charge is 2.17. The van der Waals surface area contributed by atoms with Crippen LogP contribution in [-0.4, -0.2) is 28.9 Å². The Morgan fingerprint density at radius 1 is 1.62 bits per heavy atom. The average Bonchev–Trinajstić information content (AvgIpc) is 3.15. The number of nitrogens with zero attached hydrogens (tertiary/aromatic N) is 3. The van der Waals surface area contributed by atoms with Crippen molar-refractivity contribution in [2.75, 3.05) is 13.1 Å². The quantitative estimate of drug-likeness (QED) is 0.699. The fraction of sp³-hybridized carbons (Fsp3) is 0.467. The van der Waals surface area contributed by atoms with Gasteiger partial charge in [-0.05, 0) is 30.9 Å². The molecule has 1 unspecified atom stereocenters. The SMILES string of the molecule is CC1CCCN(C(N)=NCc2csc(-c3ccco3)n2)C1. The fourth-order valence-corrected chi connectivity index (χ4v) is 3.33. The Morgan fingerprint density at radius 2 is 2.52 bits per heavy atom. The molecular weight excluding hydrogens is 284 g/mol. The van der Waals surface area contributed by atoms with E-state index in [1.165, 1.54) is 12.8 Å². The first kappa shape index (κ1) is 14.1. The van der Waals surface area contributed by atoms with E-state index < -0.39 is 0 Å². The number of aliphatic imine (C=N–C) groups is 1. The van der Waals surface area contributed by atoms with E-state index in [4.69, 9.17) is 10.2 Å². The lowest BCUT2D eigenvalue weighted by atomic mass is 10.0. The number of likely N-dealkylation sites (tertiary alicyclic amines) is 1. The lowest BCUT2D eigenvalue weighted by Gasteiger charge is -2.31. The van der Waals surface area contributed by atoms with Crippen molar-refractivity contribution in [1.82, 2.24) is 9.88 Å². The second-order valence-electron chi connectivity index (χ2n) is 5.49. The lowest BCUT2D eigenvalue weighted by Crippen LogP contribution is -2.43. The molecule has 0 saturated carbocycles. The van der Waals surface area contributed by atoms with Crippen LogP contribution in [0.15, 0.2) is 33.2 Å². The standard InChI is InChI=1S/C15H20N4OS/c1-11-4-2-6-19(9-11)15(16)17-8-12-10-21-14(18-12)13-5-3-7-20-13/h3,5,7,10-11H,2,4,6,8-9H2,1H3,(H2,16,17). The average molecular weight is 304 g/mol. The summed E-state index contributed by atoms with van der Waals surface area (Å²) < 4.78 is 5.34. The third-order valence-corrected chi connectivity index (χ3v) is 4.57. The molecule has 1 aliphatic rings. The Hall–Kier alpha value is -1.82. The molecular formula is C15H20N4OS. The molecule has 0 aliphatic carbocycles. The van der Waals surface area contributed by atoms with Crippen LogP contribution < -0.4 is 5.73 Å². The number of rotatable bonds is 3. The van der Waals surface area contributed by atoms with Crippen molar-refractivity contribution in [3.8, 4) is 10.8 Å². The van der Waals surface area contributed by atoms with Crippen LogP contribution in [0, 0.1) is 5.92 Å². The van der Waals surface area contributed by atoms with Crippen LogP contribution in [-0.2, 0) is 6.54 Å². The summed E-state index contributed by atoms with van der Waals surface area (Å²) in [6.45, 7) is 4.79. The topological polar surface area (TPSA) is 67.7 Å². The van der Waals surface area contributed by atoms with E-state index in [0.29, 0.717) is 18.4 Å². The minimum absolute atomic E-state index is 0.522. The molecule has 2 aromatic heterocycles. The van der Waals surface area contributed by atoms with Gasteiger partial charge in [-0.3, -0.25) is 0 Å². The molecule has 0 aromatic carbocycles. The molecule has 1 saturated heterocycles. The van der Waals surface area contributed by atoms with Crippen molar-refractivity contribution in [3.63, 3.8) is 0 Å². The van der Waals surface area contributed by atoms with Crippen molar-refractivity contribution in [3.05, 3.63) is 29.5 Å². The molecule has 0 spiro atoms. The molecule has 0 bridgehead atoms. The highest BCUT2D eigenvalue weighted by molar-refractivity contribution is 7.13. The maximum atomic E-state index is 6.09. The number of hydrogen-bond acceptors (Lipinski definition) is 4. The van der Waals surface area contributed by atoms with Gasteiger partial charge in [-0.15, -0.1) is 11.3 Å².